The largest absolute Gasteiger partial charge is 0.493 e. The SMILES string of the molecule is O=c1[nH]c(O)c(C=c2cnn3c(=[NH+]C4CC4)nc(NCc4cccc(Cl)c4F)nc23)[nH]1. The molecule has 1 saturated carbocycles. The molecule has 158 valence electrons. The fraction of sp³-hybridized carbons (Fsp3) is 0.211. The maximum Gasteiger partial charge on any atom is 0.421 e. The highest BCUT2D eigenvalue weighted by Gasteiger charge is 2.24. The lowest BCUT2D eigenvalue weighted by atomic mass is 10.2. The summed E-state index contributed by atoms with van der Waals surface area (Å²) in [7, 11) is 0. The Morgan fingerprint density at radius 3 is 2.94 bits per heavy atom. The maximum atomic E-state index is 14.2. The van der Waals surface area contributed by atoms with Crippen molar-refractivity contribution >= 4 is 29.3 Å². The summed E-state index contributed by atoms with van der Waals surface area (Å²) in [6.07, 6.45) is 5.15. The van der Waals surface area contributed by atoms with Crippen LogP contribution in [0, 0.1) is 5.82 Å². The number of nitrogens with one attached hydrogen (secondary N) is 4. The Kier molecular flexibility index (Phi) is 4.66. The molecule has 0 bridgehead atoms. The fourth-order valence-corrected chi connectivity index (χ4v) is 3.28. The van der Waals surface area contributed by atoms with Crippen LogP contribution in [0.5, 0.6) is 5.88 Å². The molecule has 1 aliphatic carbocycles. The van der Waals surface area contributed by atoms with Gasteiger partial charge in [-0.2, -0.15) is 4.98 Å². The van der Waals surface area contributed by atoms with E-state index in [0.717, 1.165) is 12.8 Å². The molecule has 3 heterocycles. The molecule has 31 heavy (non-hydrogen) atoms. The van der Waals surface area contributed by atoms with E-state index in [2.05, 4.69) is 35.3 Å². The minimum absolute atomic E-state index is 0.0414. The Morgan fingerprint density at radius 2 is 2.19 bits per heavy atom. The number of benzene rings is 1. The minimum atomic E-state index is -0.531. The van der Waals surface area contributed by atoms with Gasteiger partial charge in [0.2, 0.25) is 11.5 Å². The Bertz CT molecular complexity index is 1470. The van der Waals surface area contributed by atoms with Crippen LogP contribution in [0.25, 0.3) is 11.7 Å². The van der Waals surface area contributed by atoms with Crippen LogP contribution in [0.2, 0.25) is 5.02 Å². The van der Waals surface area contributed by atoms with Crippen molar-refractivity contribution in [1.82, 2.24) is 29.5 Å². The van der Waals surface area contributed by atoms with Gasteiger partial charge in [0.25, 0.3) is 0 Å². The van der Waals surface area contributed by atoms with Gasteiger partial charge in [0.05, 0.1) is 22.5 Å². The summed E-state index contributed by atoms with van der Waals surface area (Å²) in [4.78, 5) is 28.4. The normalized spacial score (nSPS) is 15.2. The molecular formula is C19H17ClFN8O2+. The van der Waals surface area contributed by atoms with Crippen LogP contribution >= 0.6 is 11.6 Å². The van der Waals surface area contributed by atoms with E-state index in [9.17, 15) is 14.3 Å². The van der Waals surface area contributed by atoms with E-state index in [1.807, 2.05) is 0 Å². The molecule has 5 N–H and O–H groups in total. The lowest BCUT2D eigenvalue weighted by Gasteiger charge is -2.05. The van der Waals surface area contributed by atoms with Gasteiger partial charge in [-0.1, -0.05) is 28.2 Å². The number of hydrogen-bond donors (Lipinski definition) is 5. The van der Waals surface area contributed by atoms with E-state index in [-0.39, 0.29) is 29.1 Å². The Balaban J connectivity index is 1.59. The molecule has 0 radical (unpaired) electrons. The molecule has 0 aliphatic heterocycles. The number of nitrogens with zero attached hydrogens (tertiary/aromatic N) is 4. The van der Waals surface area contributed by atoms with Crippen LogP contribution in [-0.4, -0.2) is 40.7 Å². The zero-order chi connectivity index (χ0) is 21.5. The second-order valence-corrected chi connectivity index (χ2v) is 7.58. The first-order valence-electron chi connectivity index (χ1n) is 9.53. The van der Waals surface area contributed by atoms with Crippen molar-refractivity contribution in [2.24, 2.45) is 0 Å². The molecule has 10 nitrogen and oxygen atoms in total. The molecule has 5 rings (SSSR count). The van der Waals surface area contributed by atoms with Crippen molar-refractivity contribution in [2.75, 3.05) is 5.32 Å². The molecule has 4 aromatic rings. The predicted molar refractivity (Wildman–Crippen MR) is 109 cm³/mol. The summed E-state index contributed by atoms with van der Waals surface area (Å²) in [6, 6.07) is 5.08. The highest BCUT2D eigenvalue weighted by Crippen LogP contribution is 2.18. The van der Waals surface area contributed by atoms with E-state index in [1.54, 1.807) is 24.4 Å². The number of hydrogen-bond acceptors (Lipinski definition) is 6. The molecule has 0 atom stereocenters. The van der Waals surface area contributed by atoms with Crippen LogP contribution in [0.15, 0.2) is 29.2 Å². The zero-order valence-electron chi connectivity index (χ0n) is 16.0. The number of H-pyrrole nitrogens is 2. The van der Waals surface area contributed by atoms with Gasteiger partial charge in [0.1, 0.15) is 11.5 Å². The van der Waals surface area contributed by atoms with E-state index >= 15 is 0 Å². The summed E-state index contributed by atoms with van der Waals surface area (Å²) in [5, 5.41) is 17.8. The van der Waals surface area contributed by atoms with Gasteiger partial charge in [-0.15, -0.1) is 5.10 Å². The average Bonchev–Trinajstić information content (AvgIpc) is 3.37. The van der Waals surface area contributed by atoms with Crippen molar-refractivity contribution in [3.05, 3.63) is 67.8 Å². The van der Waals surface area contributed by atoms with Crippen LogP contribution in [-0.2, 0) is 6.54 Å². The first-order chi connectivity index (χ1) is 15.0. The van der Waals surface area contributed by atoms with Crippen molar-refractivity contribution in [3.8, 4) is 5.88 Å². The van der Waals surface area contributed by atoms with E-state index in [1.165, 1.54) is 10.6 Å². The van der Waals surface area contributed by atoms with Crippen LogP contribution in [0.1, 0.15) is 24.1 Å². The molecule has 1 aliphatic rings. The Hall–Kier alpha value is -3.73. The molecule has 12 heteroatoms. The van der Waals surface area contributed by atoms with E-state index in [0.29, 0.717) is 28.1 Å². The number of rotatable bonds is 5. The summed E-state index contributed by atoms with van der Waals surface area (Å²) in [5.74, 6) is -0.527. The number of fused-ring (bicyclic) bond motifs is 1. The molecule has 0 saturated heterocycles. The van der Waals surface area contributed by atoms with Crippen molar-refractivity contribution in [3.63, 3.8) is 0 Å². The van der Waals surface area contributed by atoms with Gasteiger partial charge >= 0.3 is 17.3 Å². The first-order valence-corrected chi connectivity index (χ1v) is 9.91. The van der Waals surface area contributed by atoms with Crippen LogP contribution in [0.4, 0.5) is 10.3 Å². The van der Waals surface area contributed by atoms with Gasteiger partial charge in [0.15, 0.2) is 0 Å². The molecule has 0 unspecified atom stereocenters. The number of halogens is 2. The molecular weight excluding hydrogens is 427 g/mol. The van der Waals surface area contributed by atoms with Gasteiger partial charge in [-0.05, 0) is 30.0 Å². The van der Waals surface area contributed by atoms with Gasteiger partial charge < -0.3 is 15.4 Å². The third-order valence-electron chi connectivity index (χ3n) is 4.81. The highest BCUT2D eigenvalue weighted by molar-refractivity contribution is 6.30. The van der Waals surface area contributed by atoms with Crippen molar-refractivity contribution < 1.29 is 14.5 Å². The quantitative estimate of drug-likeness (QED) is 0.267. The molecule has 3 aromatic heterocycles. The molecule has 0 amide bonds. The molecule has 1 fully saturated rings. The summed E-state index contributed by atoms with van der Waals surface area (Å²) in [6.45, 7) is 0.130. The minimum Gasteiger partial charge on any atom is -0.493 e. The molecule has 0 spiro atoms. The predicted octanol–water partition coefficient (Wildman–Crippen LogP) is -1.06. The third kappa shape index (κ3) is 3.87. The van der Waals surface area contributed by atoms with Crippen molar-refractivity contribution in [2.45, 2.75) is 25.4 Å². The monoisotopic (exact) mass is 443 g/mol. The number of anilines is 1. The van der Waals surface area contributed by atoms with Crippen molar-refractivity contribution in [1.29, 1.82) is 0 Å². The number of aromatic amines is 2. The standard InChI is InChI=1S/C19H16ClFN8O2/c20-12-3-1-2-9(14(12)21)7-22-17-26-15-10(6-13-16(30)27-19(31)25-13)8-23-29(15)18(28-17)24-11-4-5-11/h1-3,6,8,11,30H,4-5,7H2,(H,22,24,28)(H2,25,27,31)/p+1. The zero-order valence-corrected chi connectivity index (χ0v) is 16.7. The summed E-state index contributed by atoms with van der Waals surface area (Å²) < 4.78 is 15.8. The maximum absolute atomic E-state index is 14.2. The van der Waals surface area contributed by atoms with Gasteiger partial charge in [-0.3, -0.25) is 9.98 Å². The van der Waals surface area contributed by atoms with E-state index in [4.69, 9.17) is 11.6 Å². The Labute approximate surface area is 178 Å². The fourth-order valence-electron chi connectivity index (χ4n) is 3.09. The average molecular weight is 444 g/mol. The molecule has 1 aromatic carbocycles. The second-order valence-electron chi connectivity index (χ2n) is 7.18. The highest BCUT2D eigenvalue weighted by atomic mass is 35.5. The summed E-state index contributed by atoms with van der Waals surface area (Å²) in [5.41, 5.74) is 0.965. The second kappa shape index (κ2) is 7.51. The topological polar surface area (TPSA) is 138 Å². The third-order valence-corrected chi connectivity index (χ3v) is 5.10. The lowest BCUT2D eigenvalue weighted by molar-refractivity contribution is -0.523. The number of aromatic nitrogens is 6. The Morgan fingerprint density at radius 1 is 1.35 bits per heavy atom. The smallest absolute Gasteiger partial charge is 0.421 e. The number of aromatic hydroxyl groups is 1. The van der Waals surface area contributed by atoms with E-state index < -0.39 is 11.5 Å². The summed E-state index contributed by atoms with van der Waals surface area (Å²) >= 11 is 5.85. The van der Waals surface area contributed by atoms with Gasteiger partial charge in [0, 0.05) is 12.1 Å². The first kappa shape index (κ1) is 19.2. The number of imidazole rings is 1. The van der Waals surface area contributed by atoms with Gasteiger partial charge in [-0.25, -0.2) is 9.18 Å². The lowest BCUT2D eigenvalue weighted by Crippen LogP contribution is -2.80. The van der Waals surface area contributed by atoms with Crippen LogP contribution in [0.3, 0.4) is 0 Å². The van der Waals surface area contributed by atoms with Crippen LogP contribution < -0.4 is 26.8 Å².